The molecule has 52 heavy (non-hydrogen) atoms. The van der Waals surface area contributed by atoms with Gasteiger partial charge in [-0.2, -0.15) is 0 Å². The normalized spacial score (nSPS) is 14.1. The lowest BCUT2D eigenvalue weighted by molar-refractivity contribution is -0.104. The Hall–Kier alpha value is -4.06. The summed E-state index contributed by atoms with van der Waals surface area (Å²) in [6.07, 6.45) is 9.03. The number of allylic oxidation sites excluding steroid dienone is 3. The number of aryl methyl sites for hydroxylation is 1. The zero-order valence-electron chi connectivity index (χ0n) is 33.2. The zero-order valence-corrected chi connectivity index (χ0v) is 33.2. The average molecular weight is 706 g/mol. The molecule has 4 aromatic rings. The minimum atomic E-state index is -0.298. The van der Waals surface area contributed by atoms with E-state index in [2.05, 4.69) is 97.5 Å². The van der Waals surface area contributed by atoms with Crippen LogP contribution >= 0.6 is 0 Å². The number of anilines is 1. The Bertz CT molecular complexity index is 1740. The largest absolute Gasteiger partial charge is 0.380 e. The van der Waals surface area contributed by atoms with E-state index in [9.17, 15) is 4.79 Å². The fourth-order valence-corrected chi connectivity index (χ4v) is 7.05. The third-order valence-corrected chi connectivity index (χ3v) is 10.2. The third kappa shape index (κ3) is 12.0. The second kappa shape index (κ2) is 22.1. The number of hydrogen-bond donors (Lipinski definition) is 2. The molecule has 0 saturated carbocycles. The maximum Gasteiger partial charge on any atom is 0.150 e. The van der Waals surface area contributed by atoms with Crippen molar-refractivity contribution in [1.82, 2.24) is 10.2 Å². The topological polar surface area (TPSA) is 44.4 Å². The number of hydrogen-bond acceptors (Lipinski definition) is 4. The van der Waals surface area contributed by atoms with Gasteiger partial charge in [0, 0.05) is 37.7 Å². The monoisotopic (exact) mass is 706 g/mol. The van der Waals surface area contributed by atoms with Crippen LogP contribution in [0.25, 0.3) is 16.3 Å². The first-order chi connectivity index (χ1) is 25.2. The molecule has 1 aliphatic rings. The number of nitrogens with one attached hydrogen (secondary N) is 2. The Morgan fingerprint density at radius 1 is 0.981 bits per heavy atom. The van der Waals surface area contributed by atoms with Gasteiger partial charge in [-0.1, -0.05) is 120 Å². The number of carbonyl (C=O) groups is 1. The maximum atomic E-state index is 16.1. The molecule has 1 heterocycles. The first-order valence-electron chi connectivity index (χ1n) is 19.5. The van der Waals surface area contributed by atoms with Crippen LogP contribution in [-0.2, 0) is 17.8 Å². The van der Waals surface area contributed by atoms with E-state index in [1.54, 1.807) is 19.1 Å². The fraction of sp³-hybridized carbons (Fsp3) is 0.426. The highest BCUT2D eigenvalue weighted by Crippen LogP contribution is 2.36. The summed E-state index contributed by atoms with van der Waals surface area (Å²) in [6, 6.07) is 25.1. The molecule has 0 aromatic heterocycles. The molecule has 1 fully saturated rings. The summed E-state index contributed by atoms with van der Waals surface area (Å²) in [7, 11) is 2.01. The Labute approximate surface area is 314 Å². The standard InChI is InChI=1S/C37H39FN2O.C8H19N.C2H6/c1-5-29(24-41)26(3)34-22-36(38)37(39-33-15-17-40(18-16-33)23-28-11-7-6-8-12-28)35(27(34)4)21-32-20-31-14-10-9-13-30(31)19-25(32)2;1-4-5-8(2)6-7-9-3;1-2/h5-14,19-20,22,24,33,39H,3,15-18,21,23H2,1-2,4H3;8-9H,4-7H2,1-3H3;1-2H3/b29-5-;;. The zero-order chi connectivity index (χ0) is 38.0. The van der Waals surface area contributed by atoms with Crippen molar-refractivity contribution < 1.29 is 9.18 Å². The molecule has 4 aromatic carbocycles. The number of aldehydes is 1. The SMILES string of the molecule is C=C(/C(C=O)=C\C)c1cc(F)c(NC2CCN(Cc3ccccc3)CC2)c(Cc2cc3ccccc3cc2C)c1C.CC.CCCC(C)CCNC. The molecule has 1 atom stereocenters. The van der Waals surface area contributed by atoms with Crippen molar-refractivity contribution >= 4 is 28.3 Å². The van der Waals surface area contributed by atoms with Crippen molar-refractivity contribution in [3.8, 4) is 0 Å². The molecule has 0 spiro atoms. The van der Waals surface area contributed by atoms with Crippen LogP contribution in [0.5, 0.6) is 0 Å². The summed E-state index contributed by atoms with van der Waals surface area (Å²) < 4.78 is 16.1. The van der Waals surface area contributed by atoms with Gasteiger partial charge in [-0.3, -0.25) is 9.69 Å². The van der Waals surface area contributed by atoms with Gasteiger partial charge < -0.3 is 10.6 Å². The Balaban J connectivity index is 0.000000580. The molecule has 1 unspecified atom stereocenters. The van der Waals surface area contributed by atoms with Gasteiger partial charge in [-0.25, -0.2) is 4.39 Å². The van der Waals surface area contributed by atoms with E-state index in [1.807, 2.05) is 40.0 Å². The Morgan fingerprint density at radius 3 is 2.21 bits per heavy atom. The highest BCUT2D eigenvalue weighted by molar-refractivity contribution is 5.98. The Morgan fingerprint density at radius 2 is 1.62 bits per heavy atom. The van der Waals surface area contributed by atoms with Crippen molar-refractivity contribution in [2.75, 3.05) is 32.0 Å². The van der Waals surface area contributed by atoms with Gasteiger partial charge >= 0.3 is 0 Å². The fourth-order valence-electron chi connectivity index (χ4n) is 7.05. The molecule has 1 saturated heterocycles. The summed E-state index contributed by atoms with van der Waals surface area (Å²) >= 11 is 0. The van der Waals surface area contributed by atoms with Crippen LogP contribution in [0.4, 0.5) is 10.1 Å². The average Bonchev–Trinajstić information content (AvgIpc) is 3.16. The van der Waals surface area contributed by atoms with Crippen LogP contribution in [0, 0.1) is 25.6 Å². The summed E-state index contributed by atoms with van der Waals surface area (Å²) in [5, 5.41) is 9.15. The molecule has 0 amide bonds. The first kappa shape index (κ1) is 42.4. The summed E-state index contributed by atoms with van der Waals surface area (Å²) in [5.41, 5.74) is 7.82. The van der Waals surface area contributed by atoms with E-state index >= 15 is 4.39 Å². The van der Waals surface area contributed by atoms with Crippen LogP contribution in [-0.4, -0.2) is 43.9 Å². The molecule has 0 aliphatic carbocycles. The molecule has 0 radical (unpaired) electrons. The van der Waals surface area contributed by atoms with Crippen LogP contribution in [0.3, 0.4) is 0 Å². The molecule has 5 rings (SSSR count). The minimum Gasteiger partial charge on any atom is -0.380 e. The van der Waals surface area contributed by atoms with E-state index in [0.717, 1.165) is 61.4 Å². The molecular weight excluding hydrogens is 642 g/mol. The van der Waals surface area contributed by atoms with E-state index in [-0.39, 0.29) is 11.9 Å². The second-order valence-corrected chi connectivity index (χ2v) is 14.0. The summed E-state index contributed by atoms with van der Waals surface area (Å²) in [6.45, 7) is 22.7. The quantitative estimate of drug-likeness (QED) is 0.0779. The van der Waals surface area contributed by atoms with Crippen molar-refractivity contribution in [3.63, 3.8) is 0 Å². The smallest absolute Gasteiger partial charge is 0.150 e. The van der Waals surface area contributed by atoms with Crippen molar-refractivity contribution in [1.29, 1.82) is 0 Å². The predicted octanol–water partition coefficient (Wildman–Crippen LogP) is 11.5. The van der Waals surface area contributed by atoms with Crippen molar-refractivity contribution in [2.24, 2.45) is 5.92 Å². The van der Waals surface area contributed by atoms with Crippen LogP contribution in [0.1, 0.15) is 100 Å². The molecule has 280 valence electrons. The first-order valence-corrected chi connectivity index (χ1v) is 19.5. The number of likely N-dealkylation sites (tertiary alicyclic amines) is 1. The lowest BCUT2D eigenvalue weighted by Crippen LogP contribution is -2.39. The van der Waals surface area contributed by atoms with Crippen LogP contribution in [0.15, 0.2) is 91.0 Å². The van der Waals surface area contributed by atoms with Gasteiger partial charge in [0.2, 0.25) is 0 Å². The van der Waals surface area contributed by atoms with E-state index in [1.165, 1.54) is 47.7 Å². The minimum absolute atomic E-state index is 0.183. The maximum absolute atomic E-state index is 16.1. The number of fused-ring (bicyclic) bond motifs is 1. The Kier molecular flexibility index (Phi) is 18.0. The van der Waals surface area contributed by atoms with Crippen molar-refractivity contribution in [3.05, 3.63) is 130 Å². The predicted molar refractivity (Wildman–Crippen MR) is 224 cm³/mol. The van der Waals surface area contributed by atoms with Crippen LogP contribution in [0.2, 0.25) is 0 Å². The molecule has 1 aliphatic heterocycles. The molecule has 2 N–H and O–H groups in total. The van der Waals surface area contributed by atoms with Gasteiger partial charge in [-0.05, 0) is 115 Å². The number of benzene rings is 4. The van der Waals surface area contributed by atoms with Gasteiger partial charge in [0.25, 0.3) is 0 Å². The van der Waals surface area contributed by atoms with E-state index in [4.69, 9.17) is 0 Å². The highest BCUT2D eigenvalue weighted by Gasteiger charge is 2.24. The van der Waals surface area contributed by atoms with Gasteiger partial charge in [-0.15, -0.1) is 0 Å². The second-order valence-electron chi connectivity index (χ2n) is 14.0. The summed E-state index contributed by atoms with van der Waals surface area (Å²) in [5.74, 6) is 0.607. The molecule has 5 heteroatoms. The van der Waals surface area contributed by atoms with Gasteiger partial charge in [0.15, 0.2) is 0 Å². The number of halogens is 1. The molecule has 0 bridgehead atoms. The summed E-state index contributed by atoms with van der Waals surface area (Å²) in [4.78, 5) is 14.2. The van der Waals surface area contributed by atoms with Crippen molar-refractivity contribution in [2.45, 2.75) is 99.6 Å². The third-order valence-electron chi connectivity index (χ3n) is 10.2. The van der Waals surface area contributed by atoms with Gasteiger partial charge in [0.05, 0.1) is 5.69 Å². The van der Waals surface area contributed by atoms with E-state index < -0.39 is 0 Å². The lowest BCUT2D eigenvalue weighted by Gasteiger charge is -2.34. The van der Waals surface area contributed by atoms with E-state index in [0.29, 0.717) is 28.8 Å². The lowest BCUT2D eigenvalue weighted by atomic mass is 9.87. The number of piperidine rings is 1. The van der Waals surface area contributed by atoms with Crippen LogP contribution < -0.4 is 10.6 Å². The van der Waals surface area contributed by atoms with Gasteiger partial charge in [0.1, 0.15) is 12.1 Å². The number of rotatable bonds is 14. The highest BCUT2D eigenvalue weighted by atomic mass is 19.1. The molecular formula is C47H64FN3O. The molecule has 4 nitrogen and oxygen atoms in total. The number of nitrogens with zero attached hydrogens (tertiary/aromatic N) is 1. The number of carbonyl (C=O) groups excluding carboxylic acids is 1.